The number of nitrogens with two attached hydrogens (primary N) is 1. The molecule has 0 saturated heterocycles. The molecule has 0 unspecified atom stereocenters. The lowest BCUT2D eigenvalue weighted by molar-refractivity contribution is 0.243. The summed E-state index contributed by atoms with van der Waals surface area (Å²) in [4.78, 5) is 5.12. The van der Waals surface area contributed by atoms with Gasteiger partial charge in [0.1, 0.15) is 12.0 Å². The smallest absolute Gasteiger partial charge is 0.260 e. The molecule has 0 bridgehead atoms. The van der Waals surface area contributed by atoms with E-state index in [0.717, 1.165) is 10.6 Å². The predicted molar refractivity (Wildman–Crippen MR) is 72.0 cm³/mol. The van der Waals surface area contributed by atoms with Crippen molar-refractivity contribution in [1.29, 1.82) is 0 Å². The number of nitrogen functional groups attached to an aromatic ring is 1. The molecule has 0 fully saturated rings. The van der Waals surface area contributed by atoms with E-state index >= 15 is 0 Å². The zero-order chi connectivity index (χ0) is 13.1. The number of para-hydroxylation sites is 1. The third kappa shape index (κ3) is 2.98. The predicted octanol–water partition coefficient (Wildman–Crippen LogP) is 3.50. The largest absolute Gasteiger partial charge is 0.489 e. The average Bonchev–Trinajstić information content (AvgIpc) is 2.69. The van der Waals surface area contributed by atoms with E-state index in [2.05, 4.69) is 4.98 Å². The lowest BCUT2D eigenvalue weighted by Gasteiger charge is -2.13. The van der Waals surface area contributed by atoms with Gasteiger partial charge < -0.3 is 14.9 Å². The second-order valence-corrected chi connectivity index (χ2v) is 5.18. The Kier molecular flexibility index (Phi) is 3.81. The average molecular weight is 264 g/mol. The van der Waals surface area contributed by atoms with Gasteiger partial charge in [0.15, 0.2) is 0 Å². The zero-order valence-corrected chi connectivity index (χ0v) is 11.5. The van der Waals surface area contributed by atoms with E-state index in [1.54, 1.807) is 6.26 Å². The molecule has 1 aromatic heterocycles. The second kappa shape index (κ2) is 5.35. The molecule has 0 saturated carbocycles. The van der Waals surface area contributed by atoms with Crippen LogP contribution in [0.3, 0.4) is 0 Å². The summed E-state index contributed by atoms with van der Waals surface area (Å²) >= 11 is 1.39. The summed E-state index contributed by atoms with van der Waals surface area (Å²) in [5.74, 6) is 0.693. The van der Waals surface area contributed by atoms with E-state index in [4.69, 9.17) is 14.9 Å². The van der Waals surface area contributed by atoms with Crippen LogP contribution in [0, 0.1) is 6.92 Å². The van der Waals surface area contributed by atoms with E-state index in [1.807, 2.05) is 39.0 Å². The minimum absolute atomic E-state index is 0.0940. The Hall–Kier alpha value is -1.62. The van der Waals surface area contributed by atoms with Gasteiger partial charge in [0.2, 0.25) is 0 Å². The Morgan fingerprint density at radius 1 is 1.39 bits per heavy atom. The molecule has 1 aromatic carbocycles. The lowest BCUT2D eigenvalue weighted by atomic mass is 10.3. The maximum atomic E-state index is 6.07. The lowest BCUT2D eigenvalue weighted by Crippen LogP contribution is -2.07. The monoisotopic (exact) mass is 264 g/mol. The van der Waals surface area contributed by atoms with Crippen molar-refractivity contribution < 1.29 is 9.15 Å². The van der Waals surface area contributed by atoms with Crippen LogP contribution in [0.1, 0.15) is 19.5 Å². The van der Waals surface area contributed by atoms with Crippen molar-refractivity contribution in [3.05, 3.63) is 30.2 Å². The Labute approximate surface area is 111 Å². The number of anilines is 1. The van der Waals surface area contributed by atoms with E-state index in [-0.39, 0.29) is 6.10 Å². The summed E-state index contributed by atoms with van der Waals surface area (Å²) in [6.07, 6.45) is 1.71. The van der Waals surface area contributed by atoms with Crippen LogP contribution in [-0.2, 0) is 0 Å². The van der Waals surface area contributed by atoms with Crippen LogP contribution < -0.4 is 10.5 Å². The summed E-state index contributed by atoms with van der Waals surface area (Å²) in [6.45, 7) is 5.82. The number of hydrogen-bond donors (Lipinski definition) is 1. The first-order chi connectivity index (χ1) is 8.56. The molecule has 0 atom stereocenters. The van der Waals surface area contributed by atoms with Crippen molar-refractivity contribution in [3.63, 3.8) is 0 Å². The number of ether oxygens (including phenoxy) is 1. The Balaban J connectivity index is 2.23. The highest BCUT2D eigenvalue weighted by Crippen LogP contribution is 2.36. The minimum atomic E-state index is 0.0940. The first kappa shape index (κ1) is 12.8. The molecule has 0 spiro atoms. The third-order valence-corrected chi connectivity index (χ3v) is 3.12. The molecule has 1 heterocycles. The fourth-order valence-electron chi connectivity index (χ4n) is 1.44. The molecule has 2 N–H and O–H groups in total. The summed E-state index contributed by atoms with van der Waals surface area (Å²) in [5, 5.41) is 0.584. The second-order valence-electron chi connectivity index (χ2n) is 4.19. The van der Waals surface area contributed by atoms with E-state index in [1.165, 1.54) is 11.8 Å². The van der Waals surface area contributed by atoms with Gasteiger partial charge in [-0.3, -0.25) is 0 Å². The maximum absolute atomic E-state index is 6.07. The first-order valence-corrected chi connectivity index (χ1v) is 6.53. The van der Waals surface area contributed by atoms with Crippen LogP contribution in [0.2, 0.25) is 0 Å². The first-order valence-electron chi connectivity index (χ1n) is 5.71. The molecule has 0 radical (unpaired) electrons. The van der Waals surface area contributed by atoms with Crippen LogP contribution in [0.25, 0.3) is 0 Å². The summed E-state index contributed by atoms with van der Waals surface area (Å²) < 4.78 is 10.9. The Bertz CT molecular complexity index is 538. The molecule has 0 aliphatic heterocycles. The molecular weight excluding hydrogens is 248 g/mol. The van der Waals surface area contributed by atoms with E-state index in [0.29, 0.717) is 16.7 Å². The van der Waals surface area contributed by atoms with E-state index in [9.17, 15) is 0 Å². The molecule has 4 nitrogen and oxygen atoms in total. The quantitative estimate of drug-likeness (QED) is 0.856. The minimum Gasteiger partial charge on any atom is -0.489 e. The molecule has 96 valence electrons. The van der Waals surface area contributed by atoms with Crippen LogP contribution in [0.5, 0.6) is 5.75 Å². The van der Waals surface area contributed by atoms with E-state index < -0.39 is 0 Å². The number of aromatic nitrogens is 1. The number of nitrogens with zero attached hydrogens (tertiary/aromatic N) is 1. The van der Waals surface area contributed by atoms with Crippen molar-refractivity contribution in [2.45, 2.75) is 37.0 Å². The van der Waals surface area contributed by atoms with Crippen LogP contribution in [-0.4, -0.2) is 11.1 Å². The number of benzene rings is 1. The van der Waals surface area contributed by atoms with Crippen molar-refractivity contribution in [2.24, 2.45) is 0 Å². The molecular formula is C13H16N2O2S. The van der Waals surface area contributed by atoms with Crippen LogP contribution in [0.4, 0.5) is 5.69 Å². The van der Waals surface area contributed by atoms with Crippen LogP contribution >= 0.6 is 11.8 Å². The summed E-state index contributed by atoms with van der Waals surface area (Å²) in [7, 11) is 0. The fourth-order valence-corrected chi connectivity index (χ4v) is 2.27. The Morgan fingerprint density at radius 2 is 2.17 bits per heavy atom. The highest BCUT2D eigenvalue weighted by Gasteiger charge is 2.11. The van der Waals surface area contributed by atoms with Crippen LogP contribution in [0.15, 0.2) is 39.0 Å². The number of hydrogen-bond acceptors (Lipinski definition) is 5. The van der Waals surface area contributed by atoms with Gasteiger partial charge in [-0.1, -0.05) is 6.07 Å². The van der Waals surface area contributed by atoms with Gasteiger partial charge in [0, 0.05) is 4.90 Å². The van der Waals surface area contributed by atoms with Crippen molar-refractivity contribution in [3.8, 4) is 5.75 Å². The highest BCUT2D eigenvalue weighted by atomic mass is 32.2. The summed E-state index contributed by atoms with van der Waals surface area (Å²) in [5.41, 5.74) is 7.54. The van der Waals surface area contributed by atoms with Gasteiger partial charge in [-0.05, 0) is 44.7 Å². The number of rotatable bonds is 4. The fraction of sp³-hybridized carbons (Fsp3) is 0.308. The maximum Gasteiger partial charge on any atom is 0.260 e. The van der Waals surface area contributed by atoms with Crippen molar-refractivity contribution in [1.82, 2.24) is 4.98 Å². The molecule has 0 aliphatic carbocycles. The molecule has 18 heavy (non-hydrogen) atoms. The highest BCUT2D eigenvalue weighted by molar-refractivity contribution is 7.99. The standard InChI is InChI=1S/C13H16N2O2S/c1-8(2)17-10-5-4-6-11(12(10)14)18-13-15-9(3)7-16-13/h4-8H,14H2,1-3H3. The van der Waals surface area contributed by atoms with Gasteiger partial charge in [-0.25, -0.2) is 4.98 Å². The van der Waals surface area contributed by atoms with Gasteiger partial charge in [0.25, 0.3) is 5.22 Å². The summed E-state index contributed by atoms with van der Waals surface area (Å²) in [6, 6.07) is 5.69. The topological polar surface area (TPSA) is 61.3 Å². The SMILES string of the molecule is Cc1coc(Sc2cccc(OC(C)C)c2N)n1. The van der Waals surface area contributed by atoms with Crippen molar-refractivity contribution in [2.75, 3.05) is 5.73 Å². The zero-order valence-electron chi connectivity index (χ0n) is 10.6. The van der Waals surface area contributed by atoms with Gasteiger partial charge in [-0.2, -0.15) is 0 Å². The molecule has 2 aromatic rings. The van der Waals surface area contributed by atoms with Gasteiger partial charge >= 0.3 is 0 Å². The number of aryl methyl sites for hydroxylation is 1. The molecule has 0 amide bonds. The molecule has 0 aliphatic rings. The Morgan fingerprint density at radius 3 is 2.78 bits per heavy atom. The van der Waals surface area contributed by atoms with Gasteiger partial charge in [-0.15, -0.1) is 0 Å². The number of oxazole rings is 1. The normalized spacial score (nSPS) is 10.9. The third-order valence-electron chi connectivity index (χ3n) is 2.18. The molecule has 5 heteroatoms. The molecule has 2 rings (SSSR count). The van der Waals surface area contributed by atoms with Gasteiger partial charge in [0.05, 0.1) is 17.5 Å². The van der Waals surface area contributed by atoms with Crippen molar-refractivity contribution >= 4 is 17.4 Å².